The quantitative estimate of drug-likeness (QED) is 0.769. The highest BCUT2D eigenvalue weighted by Crippen LogP contribution is 2.21. The molecular formula is C16H26N2O3S. The second-order valence-corrected chi connectivity index (χ2v) is 7.68. The van der Waals surface area contributed by atoms with Gasteiger partial charge in [0.1, 0.15) is 4.88 Å². The minimum absolute atomic E-state index is 0.157. The van der Waals surface area contributed by atoms with Crippen LogP contribution in [0.4, 0.5) is 0 Å². The number of aryl methyl sites for hydroxylation is 1. The predicted octanol–water partition coefficient (Wildman–Crippen LogP) is 3.13. The molecule has 0 spiro atoms. The molecule has 1 atom stereocenters. The number of hydrogen-bond donors (Lipinski definition) is 2. The van der Waals surface area contributed by atoms with Crippen LogP contribution in [0, 0.1) is 24.7 Å². The van der Waals surface area contributed by atoms with Gasteiger partial charge in [-0.2, -0.15) is 0 Å². The zero-order chi connectivity index (χ0) is 16.9. The molecule has 0 fully saturated rings. The van der Waals surface area contributed by atoms with Gasteiger partial charge in [-0.3, -0.25) is 9.59 Å². The van der Waals surface area contributed by atoms with Crippen molar-refractivity contribution in [2.45, 2.75) is 47.5 Å². The monoisotopic (exact) mass is 326 g/mol. The van der Waals surface area contributed by atoms with E-state index < -0.39 is 11.9 Å². The van der Waals surface area contributed by atoms with Crippen LogP contribution in [0.3, 0.4) is 0 Å². The Bertz CT molecular complexity index is 523. The third kappa shape index (κ3) is 5.75. The van der Waals surface area contributed by atoms with Crippen LogP contribution in [0.5, 0.6) is 0 Å². The van der Waals surface area contributed by atoms with Gasteiger partial charge in [0.05, 0.1) is 16.6 Å². The van der Waals surface area contributed by atoms with E-state index in [2.05, 4.69) is 24.1 Å². The third-order valence-electron chi connectivity index (χ3n) is 3.23. The Morgan fingerprint density at radius 3 is 2.36 bits per heavy atom. The molecular weight excluding hydrogens is 300 g/mol. The molecule has 0 radical (unpaired) electrons. The number of nitrogens with zero attached hydrogens (tertiary/aromatic N) is 1. The van der Waals surface area contributed by atoms with E-state index in [-0.39, 0.29) is 18.4 Å². The Kier molecular flexibility index (Phi) is 7.00. The third-order valence-corrected chi connectivity index (χ3v) is 4.24. The molecule has 5 nitrogen and oxygen atoms in total. The van der Waals surface area contributed by atoms with Crippen molar-refractivity contribution in [2.75, 3.05) is 6.54 Å². The summed E-state index contributed by atoms with van der Waals surface area (Å²) in [5.41, 5.74) is 0.811. The lowest BCUT2D eigenvalue weighted by Crippen LogP contribution is -2.33. The molecule has 0 saturated heterocycles. The lowest BCUT2D eigenvalue weighted by Gasteiger charge is -2.15. The van der Waals surface area contributed by atoms with Crippen molar-refractivity contribution in [1.82, 2.24) is 10.3 Å². The average molecular weight is 326 g/mol. The summed E-state index contributed by atoms with van der Waals surface area (Å²) in [6.45, 7) is 10.2. The van der Waals surface area contributed by atoms with Gasteiger partial charge in [-0.1, -0.05) is 27.7 Å². The topological polar surface area (TPSA) is 79.3 Å². The number of aliphatic carboxylic acids is 1. The summed E-state index contributed by atoms with van der Waals surface area (Å²) in [6, 6.07) is 0. The maximum Gasteiger partial charge on any atom is 0.308 e. The molecule has 124 valence electrons. The Labute approximate surface area is 136 Å². The Morgan fingerprint density at radius 2 is 1.86 bits per heavy atom. The fourth-order valence-corrected chi connectivity index (χ4v) is 3.17. The molecule has 0 aliphatic heterocycles. The van der Waals surface area contributed by atoms with E-state index in [9.17, 15) is 14.7 Å². The van der Waals surface area contributed by atoms with Gasteiger partial charge < -0.3 is 10.4 Å². The van der Waals surface area contributed by atoms with E-state index in [0.29, 0.717) is 17.2 Å². The Morgan fingerprint density at radius 1 is 1.23 bits per heavy atom. The van der Waals surface area contributed by atoms with Crippen LogP contribution in [0.2, 0.25) is 0 Å². The van der Waals surface area contributed by atoms with Gasteiger partial charge in [0.2, 0.25) is 0 Å². The van der Waals surface area contributed by atoms with Crippen LogP contribution in [0.1, 0.15) is 54.5 Å². The van der Waals surface area contributed by atoms with E-state index in [1.165, 1.54) is 11.3 Å². The van der Waals surface area contributed by atoms with Crippen molar-refractivity contribution in [2.24, 2.45) is 17.8 Å². The lowest BCUT2D eigenvalue weighted by atomic mass is 9.97. The largest absolute Gasteiger partial charge is 0.481 e. The summed E-state index contributed by atoms with van der Waals surface area (Å²) >= 11 is 1.37. The first-order chi connectivity index (χ1) is 10.2. The number of carbonyl (C=O) groups is 2. The zero-order valence-electron chi connectivity index (χ0n) is 14.0. The van der Waals surface area contributed by atoms with Crippen LogP contribution in [0.25, 0.3) is 0 Å². The molecule has 1 rings (SSSR count). The standard InChI is InChI=1S/C16H26N2O3S/c1-9(2)6-12(16(20)21)8-17-15(19)14-13(7-10(3)4)18-11(5)22-14/h9-10,12H,6-8H2,1-5H3,(H,17,19)(H,20,21). The number of carbonyl (C=O) groups excluding carboxylic acids is 1. The highest BCUT2D eigenvalue weighted by Gasteiger charge is 2.22. The van der Waals surface area contributed by atoms with Gasteiger partial charge in [0.25, 0.3) is 5.91 Å². The van der Waals surface area contributed by atoms with E-state index >= 15 is 0 Å². The second-order valence-electron chi connectivity index (χ2n) is 6.48. The summed E-state index contributed by atoms with van der Waals surface area (Å²) < 4.78 is 0. The molecule has 1 heterocycles. The highest BCUT2D eigenvalue weighted by molar-refractivity contribution is 7.13. The SMILES string of the molecule is Cc1nc(CC(C)C)c(C(=O)NCC(CC(C)C)C(=O)O)s1. The van der Waals surface area contributed by atoms with Crippen molar-refractivity contribution in [1.29, 1.82) is 0 Å². The molecule has 6 heteroatoms. The molecule has 0 saturated carbocycles. The highest BCUT2D eigenvalue weighted by atomic mass is 32.1. The number of carboxylic acids is 1. The van der Waals surface area contributed by atoms with Gasteiger partial charge in [0, 0.05) is 6.54 Å². The van der Waals surface area contributed by atoms with Crippen LogP contribution in [-0.2, 0) is 11.2 Å². The van der Waals surface area contributed by atoms with Crippen molar-refractivity contribution < 1.29 is 14.7 Å². The van der Waals surface area contributed by atoms with Crippen LogP contribution in [0.15, 0.2) is 0 Å². The first-order valence-electron chi connectivity index (χ1n) is 7.68. The summed E-state index contributed by atoms with van der Waals surface area (Å²) in [7, 11) is 0. The van der Waals surface area contributed by atoms with Crippen molar-refractivity contribution in [3.8, 4) is 0 Å². The van der Waals surface area contributed by atoms with Gasteiger partial charge in [0.15, 0.2) is 0 Å². The molecule has 0 aliphatic carbocycles. The zero-order valence-corrected chi connectivity index (χ0v) is 14.8. The number of aromatic nitrogens is 1. The number of hydrogen-bond acceptors (Lipinski definition) is 4. The van der Waals surface area contributed by atoms with E-state index in [4.69, 9.17) is 0 Å². The second kappa shape index (κ2) is 8.27. The van der Waals surface area contributed by atoms with E-state index in [1.807, 2.05) is 20.8 Å². The van der Waals surface area contributed by atoms with Crippen molar-refractivity contribution in [3.63, 3.8) is 0 Å². The van der Waals surface area contributed by atoms with E-state index in [0.717, 1.165) is 17.1 Å². The first-order valence-corrected chi connectivity index (χ1v) is 8.49. The normalized spacial score (nSPS) is 12.7. The Hall–Kier alpha value is -1.43. The number of amides is 1. The minimum Gasteiger partial charge on any atom is -0.481 e. The number of rotatable bonds is 8. The summed E-state index contributed by atoms with van der Waals surface area (Å²) in [5, 5.41) is 12.8. The fourth-order valence-electron chi connectivity index (χ4n) is 2.31. The minimum atomic E-state index is -0.864. The van der Waals surface area contributed by atoms with Gasteiger partial charge in [-0.25, -0.2) is 4.98 Å². The number of nitrogens with one attached hydrogen (secondary N) is 1. The predicted molar refractivity (Wildman–Crippen MR) is 88.3 cm³/mol. The number of carboxylic acid groups (broad SMARTS) is 1. The first kappa shape index (κ1) is 18.6. The molecule has 22 heavy (non-hydrogen) atoms. The molecule has 1 amide bonds. The van der Waals surface area contributed by atoms with Gasteiger partial charge >= 0.3 is 5.97 Å². The van der Waals surface area contributed by atoms with Crippen LogP contribution < -0.4 is 5.32 Å². The van der Waals surface area contributed by atoms with Crippen molar-refractivity contribution >= 4 is 23.2 Å². The Balaban J connectivity index is 2.74. The summed E-state index contributed by atoms with van der Waals surface area (Å²) in [6.07, 6.45) is 1.30. The summed E-state index contributed by atoms with van der Waals surface area (Å²) in [4.78, 5) is 28.6. The molecule has 0 bridgehead atoms. The molecule has 1 unspecified atom stereocenters. The maximum absolute atomic E-state index is 12.3. The van der Waals surface area contributed by atoms with Gasteiger partial charge in [-0.05, 0) is 31.6 Å². The fraction of sp³-hybridized carbons (Fsp3) is 0.688. The molecule has 0 aromatic carbocycles. The summed E-state index contributed by atoms with van der Waals surface area (Å²) in [5.74, 6) is -0.930. The van der Waals surface area contributed by atoms with Crippen LogP contribution >= 0.6 is 11.3 Å². The smallest absolute Gasteiger partial charge is 0.308 e. The molecule has 0 aliphatic rings. The molecule has 1 aromatic heterocycles. The number of thiazole rings is 1. The maximum atomic E-state index is 12.3. The van der Waals surface area contributed by atoms with Crippen LogP contribution in [-0.4, -0.2) is 28.5 Å². The average Bonchev–Trinajstić information content (AvgIpc) is 2.73. The van der Waals surface area contributed by atoms with Gasteiger partial charge in [-0.15, -0.1) is 11.3 Å². The lowest BCUT2D eigenvalue weighted by molar-refractivity contribution is -0.142. The molecule has 1 aromatic rings. The van der Waals surface area contributed by atoms with E-state index in [1.54, 1.807) is 0 Å². The van der Waals surface area contributed by atoms with Crippen molar-refractivity contribution in [3.05, 3.63) is 15.6 Å². The molecule has 2 N–H and O–H groups in total.